The molecule has 0 fully saturated rings. The van der Waals surface area contributed by atoms with E-state index in [9.17, 15) is 8.78 Å². The standard InChI is InChI=1S/C15H14BrF2N/c1-2-19-15(10-6-4-3-5-7-10)13-12(17)9-8-11(16)14(13)18/h3-9,15,19H,2H2,1H3. The molecule has 1 unspecified atom stereocenters. The van der Waals surface area contributed by atoms with Gasteiger partial charge in [-0.1, -0.05) is 37.3 Å². The molecule has 2 aromatic carbocycles. The van der Waals surface area contributed by atoms with Gasteiger partial charge in [0.05, 0.1) is 10.5 Å². The first kappa shape index (κ1) is 14.2. The number of halogens is 3. The Hall–Kier alpha value is -1.26. The molecule has 0 spiro atoms. The predicted octanol–water partition coefficient (Wildman–Crippen LogP) is 4.43. The number of nitrogens with one attached hydrogen (secondary N) is 1. The molecule has 1 N–H and O–H groups in total. The molecule has 0 aliphatic carbocycles. The van der Waals surface area contributed by atoms with Crippen LogP contribution in [-0.2, 0) is 0 Å². The summed E-state index contributed by atoms with van der Waals surface area (Å²) >= 11 is 3.10. The van der Waals surface area contributed by atoms with Gasteiger partial charge in [-0.05, 0) is 40.2 Å². The summed E-state index contributed by atoms with van der Waals surface area (Å²) in [6, 6.07) is 11.4. The normalized spacial score (nSPS) is 12.4. The average molecular weight is 326 g/mol. The van der Waals surface area contributed by atoms with Crippen molar-refractivity contribution < 1.29 is 8.78 Å². The van der Waals surface area contributed by atoms with Crippen LogP contribution < -0.4 is 5.32 Å². The molecule has 100 valence electrons. The van der Waals surface area contributed by atoms with Crippen molar-refractivity contribution in [2.75, 3.05) is 6.54 Å². The molecule has 0 aliphatic heterocycles. The maximum Gasteiger partial charge on any atom is 0.145 e. The predicted molar refractivity (Wildman–Crippen MR) is 76.0 cm³/mol. The van der Waals surface area contributed by atoms with Crippen LogP contribution in [0.4, 0.5) is 8.78 Å². The molecular weight excluding hydrogens is 312 g/mol. The molecule has 4 heteroatoms. The van der Waals surface area contributed by atoms with Crippen LogP contribution in [0.5, 0.6) is 0 Å². The average Bonchev–Trinajstić information content (AvgIpc) is 2.43. The maximum atomic E-state index is 14.2. The highest BCUT2D eigenvalue weighted by Gasteiger charge is 2.22. The molecule has 0 saturated heterocycles. The van der Waals surface area contributed by atoms with Crippen LogP contribution in [0.1, 0.15) is 24.1 Å². The van der Waals surface area contributed by atoms with Crippen LogP contribution in [0.3, 0.4) is 0 Å². The third-order valence-electron chi connectivity index (χ3n) is 2.91. The highest BCUT2D eigenvalue weighted by Crippen LogP contribution is 2.30. The summed E-state index contributed by atoms with van der Waals surface area (Å²) in [6.07, 6.45) is 0. The van der Waals surface area contributed by atoms with Gasteiger partial charge in [0.25, 0.3) is 0 Å². The van der Waals surface area contributed by atoms with Crippen molar-refractivity contribution in [3.8, 4) is 0 Å². The molecule has 1 atom stereocenters. The molecule has 1 nitrogen and oxygen atoms in total. The van der Waals surface area contributed by atoms with Gasteiger partial charge in [0.15, 0.2) is 0 Å². The molecule has 0 bridgehead atoms. The van der Waals surface area contributed by atoms with E-state index in [-0.39, 0.29) is 10.0 Å². The Morgan fingerprint density at radius 1 is 1.11 bits per heavy atom. The fraction of sp³-hybridized carbons (Fsp3) is 0.200. The van der Waals surface area contributed by atoms with Crippen molar-refractivity contribution in [2.45, 2.75) is 13.0 Å². The fourth-order valence-corrected chi connectivity index (χ4v) is 2.39. The Morgan fingerprint density at radius 2 is 1.79 bits per heavy atom. The minimum atomic E-state index is -0.560. The summed E-state index contributed by atoms with van der Waals surface area (Å²) < 4.78 is 28.4. The highest BCUT2D eigenvalue weighted by atomic mass is 79.9. The second kappa shape index (κ2) is 6.26. The summed E-state index contributed by atoms with van der Waals surface area (Å²) in [6.45, 7) is 2.52. The van der Waals surface area contributed by atoms with E-state index in [2.05, 4.69) is 21.2 Å². The second-order valence-electron chi connectivity index (χ2n) is 4.16. The Kier molecular flexibility index (Phi) is 4.66. The molecule has 2 rings (SSSR count). The quantitative estimate of drug-likeness (QED) is 0.820. The van der Waals surface area contributed by atoms with E-state index in [1.807, 2.05) is 37.3 Å². The summed E-state index contributed by atoms with van der Waals surface area (Å²) in [5, 5.41) is 3.12. The smallest absolute Gasteiger partial charge is 0.145 e. The van der Waals surface area contributed by atoms with E-state index in [1.165, 1.54) is 12.1 Å². The lowest BCUT2D eigenvalue weighted by Gasteiger charge is -2.20. The Balaban J connectivity index is 2.54. The molecule has 0 radical (unpaired) electrons. The second-order valence-corrected chi connectivity index (χ2v) is 5.01. The lowest BCUT2D eigenvalue weighted by molar-refractivity contribution is 0.507. The number of hydrogen-bond donors (Lipinski definition) is 1. The van der Waals surface area contributed by atoms with Crippen molar-refractivity contribution in [1.82, 2.24) is 5.32 Å². The van der Waals surface area contributed by atoms with Crippen molar-refractivity contribution in [3.05, 3.63) is 69.7 Å². The number of rotatable bonds is 4. The van der Waals surface area contributed by atoms with E-state index in [1.54, 1.807) is 0 Å². The van der Waals surface area contributed by atoms with Crippen LogP contribution in [0, 0.1) is 11.6 Å². The third-order valence-corrected chi connectivity index (χ3v) is 3.52. The van der Waals surface area contributed by atoms with Crippen LogP contribution in [0.2, 0.25) is 0 Å². The van der Waals surface area contributed by atoms with E-state index in [4.69, 9.17) is 0 Å². The van der Waals surface area contributed by atoms with Crippen LogP contribution in [0.15, 0.2) is 46.9 Å². The van der Waals surface area contributed by atoms with Gasteiger partial charge >= 0.3 is 0 Å². The van der Waals surface area contributed by atoms with Gasteiger partial charge in [0.1, 0.15) is 11.6 Å². The van der Waals surface area contributed by atoms with Crippen molar-refractivity contribution in [1.29, 1.82) is 0 Å². The first-order valence-electron chi connectivity index (χ1n) is 6.06. The van der Waals surface area contributed by atoms with Crippen molar-refractivity contribution >= 4 is 15.9 Å². The zero-order valence-electron chi connectivity index (χ0n) is 10.5. The molecule has 2 aromatic rings. The monoisotopic (exact) mass is 325 g/mol. The Labute approximate surface area is 119 Å². The van der Waals surface area contributed by atoms with Gasteiger partial charge in [0, 0.05) is 5.56 Å². The zero-order chi connectivity index (χ0) is 13.8. The summed E-state index contributed by atoms with van der Waals surface area (Å²) in [4.78, 5) is 0. The van der Waals surface area contributed by atoms with E-state index < -0.39 is 17.7 Å². The Bertz CT molecular complexity index is 558. The van der Waals surface area contributed by atoms with Crippen LogP contribution >= 0.6 is 15.9 Å². The molecule has 0 heterocycles. The SMILES string of the molecule is CCNC(c1ccccc1)c1c(F)ccc(Br)c1F. The molecule has 19 heavy (non-hydrogen) atoms. The van der Waals surface area contributed by atoms with Crippen LogP contribution in [-0.4, -0.2) is 6.54 Å². The topological polar surface area (TPSA) is 12.0 Å². The van der Waals surface area contributed by atoms with Gasteiger partial charge in [-0.2, -0.15) is 0 Å². The van der Waals surface area contributed by atoms with Gasteiger partial charge < -0.3 is 5.32 Å². The first-order chi connectivity index (χ1) is 9.15. The summed E-state index contributed by atoms with van der Waals surface area (Å²) in [7, 11) is 0. The third kappa shape index (κ3) is 3.01. The van der Waals surface area contributed by atoms with Gasteiger partial charge in [-0.3, -0.25) is 0 Å². The molecular formula is C15H14BrF2N. The Morgan fingerprint density at radius 3 is 2.42 bits per heavy atom. The largest absolute Gasteiger partial charge is 0.306 e. The van der Waals surface area contributed by atoms with Gasteiger partial charge in [0.2, 0.25) is 0 Å². The summed E-state index contributed by atoms with van der Waals surface area (Å²) in [5.74, 6) is -1.11. The van der Waals surface area contributed by atoms with Crippen molar-refractivity contribution in [3.63, 3.8) is 0 Å². The van der Waals surface area contributed by atoms with Crippen LogP contribution in [0.25, 0.3) is 0 Å². The molecule has 0 aromatic heterocycles. The minimum absolute atomic E-state index is 0.0439. The van der Waals surface area contributed by atoms with E-state index >= 15 is 0 Å². The lowest BCUT2D eigenvalue weighted by Crippen LogP contribution is -2.24. The minimum Gasteiger partial charge on any atom is -0.306 e. The zero-order valence-corrected chi connectivity index (χ0v) is 12.0. The van der Waals surface area contributed by atoms with E-state index in [0.29, 0.717) is 6.54 Å². The number of benzene rings is 2. The number of hydrogen-bond acceptors (Lipinski definition) is 1. The maximum absolute atomic E-state index is 14.2. The molecule has 0 aliphatic rings. The molecule has 0 amide bonds. The first-order valence-corrected chi connectivity index (χ1v) is 6.86. The highest BCUT2D eigenvalue weighted by molar-refractivity contribution is 9.10. The van der Waals surface area contributed by atoms with Gasteiger partial charge in [-0.15, -0.1) is 0 Å². The van der Waals surface area contributed by atoms with Gasteiger partial charge in [-0.25, -0.2) is 8.78 Å². The fourth-order valence-electron chi connectivity index (χ4n) is 2.04. The van der Waals surface area contributed by atoms with Crippen molar-refractivity contribution in [2.24, 2.45) is 0 Å². The molecule has 0 saturated carbocycles. The van der Waals surface area contributed by atoms with E-state index in [0.717, 1.165) is 5.56 Å². The summed E-state index contributed by atoms with van der Waals surface area (Å²) in [5.41, 5.74) is 0.877. The lowest BCUT2D eigenvalue weighted by atomic mass is 9.97.